The summed E-state index contributed by atoms with van der Waals surface area (Å²) in [5.41, 5.74) is 0. The van der Waals surface area contributed by atoms with Crippen LogP contribution in [0, 0.1) is 5.92 Å². The van der Waals surface area contributed by atoms with Crippen molar-refractivity contribution in [3.8, 4) is 0 Å². The molecular weight excluding hydrogens is 236 g/mol. The highest BCUT2D eigenvalue weighted by molar-refractivity contribution is 7.91. The van der Waals surface area contributed by atoms with Gasteiger partial charge >= 0.3 is 0 Å². The van der Waals surface area contributed by atoms with Gasteiger partial charge in [-0.25, -0.2) is 8.42 Å². The summed E-state index contributed by atoms with van der Waals surface area (Å²) in [6.07, 6.45) is 2.01. The molecule has 1 aliphatic rings. The molecule has 5 heteroatoms. The van der Waals surface area contributed by atoms with Crippen LogP contribution in [-0.2, 0) is 9.84 Å². The Labute approximate surface area is 106 Å². The maximum absolute atomic E-state index is 11.3. The Kier molecular flexibility index (Phi) is 6.44. The topological polar surface area (TPSA) is 49.4 Å². The van der Waals surface area contributed by atoms with Crippen molar-refractivity contribution in [3.63, 3.8) is 0 Å². The third-order valence-corrected chi connectivity index (χ3v) is 5.29. The van der Waals surface area contributed by atoms with Crippen LogP contribution in [0.15, 0.2) is 0 Å². The number of nitrogens with zero attached hydrogens (tertiary/aromatic N) is 1. The predicted molar refractivity (Wildman–Crippen MR) is 72.0 cm³/mol. The summed E-state index contributed by atoms with van der Waals surface area (Å²) in [6.45, 7) is 9.31. The lowest BCUT2D eigenvalue weighted by Gasteiger charge is -2.13. The maximum atomic E-state index is 11.3. The Morgan fingerprint density at radius 1 is 1.35 bits per heavy atom. The molecule has 0 aromatic rings. The Balaban J connectivity index is 2.02. The molecule has 1 rings (SSSR count). The minimum atomic E-state index is -2.78. The van der Waals surface area contributed by atoms with Crippen molar-refractivity contribution in [1.29, 1.82) is 0 Å². The van der Waals surface area contributed by atoms with Gasteiger partial charge in [-0.3, -0.25) is 0 Å². The monoisotopic (exact) mass is 262 g/mol. The zero-order valence-electron chi connectivity index (χ0n) is 11.1. The van der Waals surface area contributed by atoms with Crippen LogP contribution in [0.2, 0.25) is 0 Å². The zero-order valence-corrected chi connectivity index (χ0v) is 11.9. The van der Waals surface area contributed by atoms with E-state index in [1.54, 1.807) is 6.92 Å². The Bertz CT molecular complexity index is 304. The van der Waals surface area contributed by atoms with E-state index >= 15 is 0 Å². The van der Waals surface area contributed by atoms with Gasteiger partial charge in [0.2, 0.25) is 0 Å². The predicted octanol–water partition coefficient (Wildman–Crippen LogP) is 0.743. The van der Waals surface area contributed by atoms with E-state index in [-0.39, 0.29) is 5.75 Å². The largest absolute Gasteiger partial charge is 0.316 e. The number of nitrogens with one attached hydrogen (secondary N) is 1. The van der Waals surface area contributed by atoms with E-state index in [1.165, 1.54) is 19.5 Å². The molecule has 1 N–H and O–H groups in total. The summed E-state index contributed by atoms with van der Waals surface area (Å²) < 4.78 is 22.5. The summed E-state index contributed by atoms with van der Waals surface area (Å²) in [6, 6.07) is 0. The molecule has 1 unspecified atom stereocenters. The zero-order chi connectivity index (χ0) is 12.7. The maximum Gasteiger partial charge on any atom is 0.150 e. The molecule has 1 saturated heterocycles. The van der Waals surface area contributed by atoms with Crippen LogP contribution in [-0.4, -0.2) is 57.5 Å². The molecule has 1 fully saturated rings. The second kappa shape index (κ2) is 7.34. The number of rotatable bonds is 8. The standard InChI is InChI=1S/C12H26N2O2S/c1-3-14-8-6-12(11-14)10-13-7-5-9-17(15,16)4-2/h12-13H,3-11H2,1-2H3. The van der Waals surface area contributed by atoms with Gasteiger partial charge in [0.15, 0.2) is 0 Å². The van der Waals surface area contributed by atoms with Crippen molar-refractivity contribution in [2.45, 2.75) is 26.7 Å². The molecule has 4 nitrogen and oxygen atoms in total. The van der Waals surface area contributed by atoms with E-state index in [4.69, 9.17) is 0 Å². The van der Waals surface area contributed by atoms with Crippen molar-refractivity contribution in [2.24, 2.45) is 5.92 Å². The number of likely N-dealkylation sites (tertiary alicyclic amines) is 1. The molecule has 0 aliphatic carbocycles. The third-order valence-electron chi connectivity index (χ3n) is 3.50. The first-order valence-corrected chi connectivity index (χ1v) is 8.53. The number of hydrogen-bond acceptors (Lipinski definition) is 4. The van der Waals surface area contributed by atoms with E-state index in [9.17, 15) is 8.42 Å². The second-order valence-corrected chi connectivity index (χ2v) is 7.31. The van der Waals surface area contributed by atoms with Crippen molar-refractivity contribution in [1.82, 2.24) is 10.2 Å². The molecule has 0 aromatic heterocycles. The molecule has 0 spiro atoms. The molecule has 1 aliphatic heterocycles. The van der Waals surface area contributed by atoms with Gasteiger partial charge in [0.05, 0.1) is 5.75 Å². The fourth-order valence-corrected chi connectivity index (χ4v) is 3.11. The summed E-state index contributed by atoms with van der Waals surface area (Å²) >= 11 is 0. The average molecular weight is 262 g/mol. The lowest BCUT2D eigenvalue weighted by molar-refractivity contribution is 0.339. The average Bonchev–Trinajstić information content (AvgIpc) is 2.76. The normalized spacial score (nSPS) is 22.1. The molecular formula is C12H26N2O2S. The van der Waals surface area contributed by atoms with Crippen LogP contribution in [0.4, 0.5) is 0 Å². The van der Waals surface area contributed by atoms with E-state index in [0.717, 1.165) is 32.0 Å². The molecule has 1 atom stereocenters. The first kappa shape index (κ1) is 14.9. The van der Waals surface area contributed by atoms with Gasteiger partial charge in [0, 0.05) is 12.3 Å². The Morgan fingerprint density at radius 2 is 2.12 bits per heavy atom. The fraction of sp³-hybridized carbons (Fsp3) is 1.00. The van der Waals surface area contributed by atoms with Crippen molar-refractivity contribution in [3.05, 3.63) is 0 Å². The fourth-order valence-electron chi connectivity index (χ4n) is 2.23. The van der Waals surface area contributed by atoms with E-state index in [2.05, 4.69) is 17.1 Å². The van der Waals surface area contributed by atoms with Gasteiger partial charge in [-0.05, 0) is 44.9 Å². The minimum Gasteiger partial charge on any atom is -0.316 e. The van der Waals surface area contributed by atoms with Crippen LogP contribution in [0.5, 0.6) is 0 Å². The first-order valence-electron chi connectivity index (χ1n) is 6.71. The quantitative estimate of drug-likeness (QED) is 0.656. The lowest BCUT2D eigenvalue weighted by atomic mass is 10.1. The van der Waals surface area contributed by atoms with Crippen LogP contribution < -0.4 is 5.32 Å². The van der Waals surface area contributed by atoms with E-state index in [0.29, 0.717) is 5.75 Å². The highest BCUT2D eigenvalue weighted by Crippen LogP contribution is 2.14. The second-order valence-electron chi connectivity index (χ2n) is 4.84. The van der Waals surface area contributed by atoms with Gasteiger partial charge in [-0.2, -0.15) is 0 Å². The first-order chi connectivity index (χ1) is 8.07. The molecule has 17 heavy (non-hydrogen) atoms. The van der Waals surface area contributed by atoms with Crippen molar-refractivity contribution < 1.29 is 8.42 Å². The Hall–Kier alpha value is -0.130. The highest BCUT2D eigenvalue weighted by Gasteiger charge is 2.20. The third kappa shape index (κ3) is 5.84. The molecule has 0 aromatic carbocycles. The molecule has 0 radical (unpaired) electrons. The SMILES string of the molecule is CCN1CCC(CNCCCS(=O)(=O)CC)C1. The van der Waals surface area contributed by atoms with E-state index < -0.39 is 9.84 Å². The molecule has 102 valence electrons. The molecule has 0 saturated carbocycles. The molecule has 0 bridgehead atoms. The summed E-state index contributed by atoms with van der Waals surface area (Å²) in [7, 11) is -2.78. The van der Waals surface area contributed by atoms with Crippen molar-refractivity contribution in [2.75, 3.05) is 44.2 Å². The highest BCUT2D eigenvalue weighted by atomic mass is 32.2. The van der Waals surface area contributed by atoms with Crippen LogP contribution >= 0.6 is 0 Å². The molecule has 0 amide bonds. The minimum absolute atomic E-state index is 0.265. The van der Waals surface area contributed by atoms with Gasteiger partial charge in [0.1, 0.15) is 9.84 Å². The van der Waals surface area contributed by atoms with Gasteiger partial charge in [0.25, 0.3) is 0 Å². The smallest absolute Gasteiger partial charge is 0.150 e. The van der Waals surface area contributed by atoms with E-state index in [1.807, 2.05) is 0 Å². The number of hydrogen-bond donors (Lipinski definition) is 1. The van der Waals surface area contributed by atoms with Gasteiger partial charge in [-0.15, -0.1) is 0 Å². The lowest BCUT2D eigenvalue weighted by Crippen LogP contribution is -2.28. The Morgan fingerprint density at radius 3 is 2.71 bits per heavy atom. The van der Waals surface area contributed by atoms with Gasteiger partial charge < -0.3 is 10.2 Å². The number of sulfone groups is 1. The summed E-state index contributed by atoms with van der Waals surface area (Å²) in [5.74, 6) is 1.33. The van der Waals surface area contributed by atoms with Gasteiger partial charge in [-0.1, -0.05) is 13.8 Å². The van der Waals surface area contributed by atoms with Crippen LogP contribution in [0.1, 0.15) is 26.7 Å². The van der Waals surface area contributed by atoms with Crippen LogP contribution in [0.3, 0.4) is 0 Å². The van der Waals surface area contributed by atoms with Crippen LogP contribution in [0.25, 0.3) is 0 Å². The summed E-state index contributed by atoms with van der Waals surface area (Å²) in [4.78, 5) is 2.47. The summed E-state index contributed by atoms with van der Waals surface area (Å²) in [5, 5.41) is 3.38. The van der Waals surface area contributed by atoms with Crippen molar-refractivity contribution >= 4 is 9.84 Å². The molecule has 1 heterocycles.